The molecule has 0 aliphatic carbocycles. The van der Waals surface area contributed by atoms with Crippen LogP contribution in [0.25, 0.3) is 0 Å². The Morgan fingerprint density at radius 2 is 1.56 bits per heavy atom. The summed E-state index contributed by atoms with van der Waals surface area (Å²) in [6.45, 7) is 15.8. The topological polar surface area (TPSA) is 0 Å². The smallest absolute Gasteiger partial charge is 0.0105 e. The lowest BCUT2D eigenvalue weighted by atomic mass is 9.76. The molecule has 0 heteroatoms. The molecule has 0 heterocycles. The third kappa shape index (κ3) is 3.04. The van der Waals surface area contributed by atoms with Crippen LogP contribution in [-0.2, 0) is 5.41 Å². The quantitative estimate of drug-likeness (QED) is 0.584. The van der Waals surface area contributed by atoms with Gasteiger partial charge in [0, 0.05) is 5.41 Å². The lowest BCUT2D eigenvalue weighted by molar-refractivity contribution is 0.614. The average molecular weight is 244 g/mol. The van der Waals surface area contributed by atoms with Gasteiger partial charge in [0.1, 0.15) is 0 Å². The van der Waals surface area contributed by atoms with E-state index >= 15 is 0 Å². The maximum absolute atomic E-state index is 2.31. The van der Waals surface area contributed by atoms with Crippen LogP contribution in [-0.4, -0.2) is 0 Å². The summed E-state index contributed by atoms with van der Waals surface area (Å²) in [5, 5.41) is 0. The summed E-state index contributed by atoms with van der Waals surface area (Å²) in [5.41, 5.74) is 5.89. The molecule has 0 fully saturated rings. The van der Waals surface area contributed by atoms with Gasteiger partial charge in [-0.05, 0) is 44.2 Å². The molecular formula is C18H28. The summed E-state index contributed by atoms with van der Waals surface area (Å²) in [6, 6.07) is 9.19. The summed E-state index contributed by atoms with van der Waals surface area (Å²) < 4.78 is 0. The normalized spacial score (nSPS) is 13.3. The second-order valence-corrected chi connectivity index (χ2v) is 6.18. The fourth-order valence-electron chi connectivity index (χ4n) is 2.31. The second kappa shape index (κ2) is 5.73. The van der Waals surface area contributed by atoms with Crippen molar-refractivity contribution in [3.05, 3.63) is 46.5 Å². The standard InChI is InChI=1S/C18H28/c1-8-14(4)16-9-11-17(12-10-16)18(6,7)15(5)13(2)3/h9-12,14H,8H2,1-7H3. The van der Waals surface area contributed by atoms with Gasteiger partial charge < -0.3 is 0 Å². The van der Waals surface area contributed by atoms with Gasteiger partial charge in [0.25, 0.3) is 0 Å². The number of allylic oxidation sites excluding steroid dienone is 2. The molecule has 1 atom stereocenters. The molecule has 0 saturated carbocycles. The van der Waals surface area contributed by atoms with E-state index in [9.17, 15) is 0 Å². The average Bonchev–Trinajstić information content (AvgIpc) is 2.36. The zero-order chi connectivity index (χ0) is 13.9. The van der Waals surface area contributed by atoms with E-state index in [1.54, 1.807) is 0 Å². The molecule has 100 valence electrons. The molecule has 1 aromatic rings. The van der Waals surface area contributed by atoms with Crippen LogP contribution in [0, 0.1) is 0 Å². The van der Waals surface area contributed by atoms with Gasteiger partial charge in [0.15, 0.2) is 0 Å². The highest BCUT2D eigenvalue weighted by atomic mass is 14.3. The Hall–Kier alpha value is -1.04. The summed E-state index contributed by atoms with van der Waals surface area (Å²) in [4.78, 5) is 0. The van der Waals surface area contributed by atoms with Crippen LogP contribution in [0.3, 0.4) is 0 Å². The Balaban J connectivity index is 3.09. The van der Waals surface area contributed by atoms with Gasteiger partial charge in [0.2, 0.25) is 0 Å². The lowest BCUT2D eigenvalue weighted by Crippen LogP contribution is -2.19. The molecular weight excluding hydrogens is 216 g/mol. The van der Waals surface area contributed by atoms with Crippen molar-refractivity contribution in [1.29, 1.82) is 0 Å². The Kier molecular flexibility index (Phi) is 4.78. The molecule has 0 spiro atoms. The number of hydrogen-bond acceptors (Lipinski definition) is 0. The minimum Gasteiger partial charge on any atom is -0.0766 e. The Bertz CT molecular complexity index is 414. The molecule has 0 aliphatic rings. The predicted octanol–water partition coefficient (Wildman–Crippen LogP) is 5.83. The van der Waals surface area contributed by atoms with Gasteiger partial charge in [0.05, 0.1) is 0 Å². The maximum Gasteiger partial charge on any atom is 0.0105 e. The van der Waals surface area contributed by atoms with Crippen LogP contribution in [0.4, 0.5) is 0 Å². The van der Waals surface area contributed by atoms with E-state index in [4.69, 9.17) is 0 Å². The Morgan fingerprint density at radius 1 is 1.06 bits per heavy atom. The van der Waals surface area contributed by atoms with Crippen molar-refractivity contribution in [1.82, 2.24) is 0 Å². The van der Waals surface area contributed by atoms with Crippen molar-refractivity contribution < 1.29 is 0 Å². The molecule has 0 aromatic heterocycles. The van der Waals surface area contributed by atoms with E-state index in [2.05, 4.69) is 72.7 Å². The third-order valence-corrected chi connectivity index (χ3v) is 4.50. The van der Waals surface area contributed by atoms with Gasteiger partial charge in [-0.15, -0.1) is 0 Å². The van der Waals surface area contributed by atoms with Crippen LogP contribution in [0.1, 0.15) is 71.9 Å². The van der Waals surface area contributed by atoms with Crippen LogP contribution < -0.4 is 0 Å². The zero-order valence-electron chi connectivity index (χ0n) is 13.1. The van der Waals surface area contributed by atoms with Crippen molar-refractivity contribution in [3.63, 3.8) is 0 Å². The predicted molar refractivity (Wildman–Crippen MR) is 82.2 cm³/mol. The van der Waals surface area contributed by atoms with Crippen LogP contribution in [0.2, 0.25) is 0 Å². The van der Waals surface area contributed by atoms with Crippen molar-refractivity contribution in [2.75, 3.05) is 0 Å². The minimum absolute atomic E-state index is 0.132. The van der Waals surface area contributed by atoms with Crippen molar-refractivity contribution >= 4 is 0 Å². The summed E-state index contributed by atoms with van der Waals surface area (Å²) in [7, 11) is 0. The fraction of sp³-hybridized carbons (Fsp3) is 0.556. The van der Waals surface area contributed by atoms with Crippen molar-refractivity contribution in [2.24, 2.45) is 0 Å². The number of rotatable bonds is 4. The van der Waals surface area contributed by atoms with Crippen LogP contribution in [0.15, 0.2) is 35.4 Å². The van der Waals surface area contributed by atoms with Gasteiger partial charge in [-0.25, -0.2) is 0 Å². The number of benzene rings is 1. The van der Waals surface area contributed by atoms with Crippen LogP contribution >= 0.6 is 0 Å². The van der Waals surface area contributed by atoms with E-state index < -0.39 is 0 Å². The molecule has 0 aliphatic heterocycles. The van der Waals surface area contributed by atoms with Gasteiger partial charge in [-0.2, -0.15) is 0 Å². The molecule has 1 rings (SSSR count). The Labute approximate surface area is 113 Å². The summed E-state index contributed by atoms with van der Waals surface area (Å²) >= 11 is 0. The molecule has 0 bridgehead atoms. The van der Waals surface area contributed by atoms with E-state index in [0.29, 0.717) is 5.92 Å². The van der Waals surface area contributed by atoms with Crippen LogP contribution in [0.5, 0.6) is 0 Å². The molecule has 0 nitrogen and oxygen atoms in total. The first-order valence-corrected chi connectivity index (χ1v) is 7.05. The highest BCUT2D eigenvalue weighted by Gasteiger charge is 2.23. The van der Waals surface area contributed by atoms with Gasteiger partial charge >= 0.3 is 0 Å². The maximum atomic E-state index is 2.31. The summed E-state index contributed by atoms with van der Waals surface area (Å²) in [6.07, 6.45) is 1.20. The van der Waals surface area contributed by atoms with E-state index in [1.807, 2.05) is 0 Å². The van der Waals surface area contributed by atoms with E-state index in [0.717, 1.165) is 0 Å². The molecule has 18 heavy (non-hydrogen) atoms. The van der Waals surface area contributed by atoms with E-state index in [1.165, 1.54) is 28.7 Å². The SMILES string of the molecule is CCC(C)c1ccc(C(C)(C)C(C)=C(C)C)cc1. The molecule has 0 radical (unpaired) electrons. The first-order valence-electron chi connectivity index (χ1n) is 7.05. The summed E-state index contributed by atoms with van der Waals surface area (Å²) in [5.74, 6) is 0.659. The number of hydrogen-bond donors (Lipinski definition) is 0. The largest absolute Gasteiger partial charge is 0.0766 e. The highest BCUT2D eigenvalue weighted by Crippen LogP contribution is 2.33. The molecule has 0 amide bonds. The van der Waals surface area contributed by atoms with Crippen molar-refractivity contribution in [2.45, 2.75) is 66.2 Å². The fourth-order valence-corrected chi connectivity index (χ4v) is 2.31. The molecule has 0 saturated heterocycles. The van der Waals surface area contributed by atoms with E-state index in [-0.39, 0.29) is 5.41 Å². The first kappa shape index (κ1) is 15.0. The molecule has 1 unspecified atom stereocenters. The monoisotopic (exact) mass is 244 g/mol. The van der Waals surface area contributed by atoms with Gasteiger partial charge in [-0.1, -0.05) is 63.1 Å². The Morgan fingerprint density at radius 3 is 1.94 bits per heavy atom. The van der Waals surface area contributed by atoms with Crippen molar-refractivity contribution in [3.8, 4) is 0 Å². The molecule has 1 aromatic carbocycles. The first-order chi connectivity index (χ1) is 8.30. The van der Waals surface area contributed by atoms with Gasteiger partial charge in [-0.3, -0.25) is 0 Å². The zero-order valence-corrected chi connectivity index (χ0v) is 13.1. The third-order valence-electron chi connectivity index (χ3n) is 4.50. The highest BCUT2D eigenvalue weighted by molar-refractivity contribution is 5.37. The lowest BCUT2D eigenvalue weighted by Gasteiger charge is -2.28. The second-order valence-electron chi connectivity index (χ2n) is 6.18. The molecule has 0 N–H and O–H groups in total. The minimum atomic E-state index is 0.132.